The Kier molecular flexibility index (Phi) is 2.82. The van der Waals surface area contributed by atoms with Crippen molar-refractivity contribution in [1.82, 2.24) is 0 Å². The van der Waals surface area contributed by atoms with E-state index >= 15 is 0 Å². The zero-order valence-corrected chi connectivity index (χ0v) is 8.37. The van der Waals surface area contributed by atoms with Crippen LogP contribution >= 0.6 is 12.2 Å². The van der Waals surface area contributed by atoms with Crippen molar-refractivity contribution in [1.29, 1.82) is 0 Å². The zero-order valence-electron chi connectivity index (χ0n) is 7.55. The molecule has 64 valence electrons. The zero-order chi connectivity index (χ0) is 9.14. The Bertz CT molecular complexity index is 282. The van der Waals surface area contributed by atoms with Crippen LogP contribution in [0, 0.1) is 20.8 Å². The highest BCUT2D eigenvalue weighted by Gasteiger charge is 2.02. The molecule has 0 bridgehead atoms. The van der Waals surface area contributed by atoms with Crippen LogP contribution in [0.25, 0.3) is 0 Å². The van der Waals surface area contributed by atoms with Crippen LogP contribution in [0.15, 0.2) is 12.1 Å². The fourth-order valence-electron chi connectivity index (χ4n) is 1.40. The van der Waals surface area contributed by atoms with Gasteiger partial charge in [0.15, 0.2) is 5.55 Å². The molecule has 0 radical (unpaired) electrons. The van der Waals surface area contributed by atoms with Crippen molar-refractivity contribution in [3.05, 3.63) is 28.8 Å². The molecular formula is C10H12OS. The maximum Gasteiger partial charge on any atom is 0.154 e. The maximum atomic E-state index is 5.21. The Morgan fingerprint density at radius 3 is 2.08 bits per heavy atom. The van der Waals surface area contributed by atoms with Gasteiger partial charge in [0.25, 0.3) is 0 Å². The standard InChI is InChI=1S/C10H12OS/c1-7-4-8(2)10(11-6-12)9(3)5-7/h4-6H,1-3H3. The molecule has 1 aromatic rings. The average Bonchev–Trinajstić information content (AvgIpc) is 1.96. The van der Waals surface area contributed by atoms with Gasteiger partial charge in [-0.15, -0.1) is 0 Å². The molecule has 0 amide bonds. The molecule has 1 aromatic carbocycles. The Labute approximate surface area is 78.4 Å². The molecule has 0 aliphatic heterocycles. The molecule has 0 saturated carbocycles. The smallest absolute Gasteiger partial charge is 0.154 e. The Morgan fingerprint density at radius 2 is 1.67 bits per heavy atom. The summed E-state index contributed by atoms with van der Waals surface area (Å²) in [6.45, 7) is 6.11. The molecule has 0 spiro atoms. The number of hydrogen-bond donors (Lipinski definition) is 0. The molecule has 2 heteroatoms. The van der Waals surface area contributed by atoms with Gasteiger partial charge in [-0.2, -0.15) is 0 Å². The lowest BCUT2D eigenvalue weighted by atomic mass is 10.1. The van der Waals surface area contributed by atoms with E-state index in [9.17, 15) is 0 Å². The number of thiocarbonyl (C=S) groups is 1. The highest BCUT2D eigenvalue weighted by atomic mass is 32.1. The molecule has 0 aliphatic rings. The van der Waals surface area contributed by atoms with Crippen LogP contribution in [-0.4, -0.2) is 5.55 Å². The average molecular weight is 180 g/mol. The van der Waals surface area contributed by atoms with Crippen molar-refractivity contribution >= 4 is 17.8 Å². The first-order chi connectivity index (χ1) is 5.65. The molecule has 0 saturated heterocycles. The minimum atomic E-state index is 0.885. The van der Waals surface area contributed by atoms with Crippen molar-refractivity contribution in [2.45, 2.75) is 20.8 Å². The van der Waals surface area contributed by atoms with Gasteiger partial charge >= 0.3 is 0 Å². The second-order valence-electron chi connectivity index (χ2n) is 2.94. The molecular weight excluding hydrogens is 168 g/mol. The molecule has 0 aliphatic carbocycles. The van der Waals surface area contributed by atoms with E-state index in [2.05, 4.69) is 31.3 Å². The van der Waals surface area contributed by atoms with Gasteiger partial charge in [0.1, 0.15) is 5.75 Å². The highest BCUT2D eigenvalue weighted by Crippen LogP contribution is 2.23. The summed E-state index contributed by atoms with van der Waals surface area (Å²) >= 11 is 4.64. The SMILES string of the molecule is Cc1cc(C)c(OC=S)c(C)c1. The lowest BCUT2D eigenvalue weighted by molar-refractivity contribution is 0.575. The molecule has 1 rings (SSSR count). The Balaban J connectivity index is 3.18. The third kappa shape index (κ3) is 1.83. The molecule has 0 fully saturated rings. The highest BCUT2D eigenvalue weighted by molar-refractivity contribution is 7.78. The quantitative estimate of drug-likeness (QED) is 0.647. The molecule has 1 nitrogen and oxygen atoms in total. The summed E-state index contributed by atoms with van der Waals surface area (Å²) in [6, 6.07) is 4.17. The van der Waals surface area contributed by atoms with Crippen molar-refractivity contribution in [2.24, 2.45) is 0 Å². The summed E-state index contributed by atoms with van der Waals surface area (Å²) in [7, 11) is 0. The van der Waals surface area contributed by atoms with Crippen LogP contribution in [0.4, 0.5) is 0 Å². The summed E-state index contributed by atoms with van der Waals surface area (Å²) in [5, 5.41) is 0. The Morgan fingerprint density at radius 1 is 1.17 bits per heavy atom. The van der Waals surface area contributed by atoms with E-state index < -0.39 is 0 Å². The summed E-state index contributed by atoms with van der Waals surface area (Å²) in [6.07, 6.45) is 0. The lowest BCUT2D eigenvalue weighted by Crippen LogP contribution is -1.93. The number of hydrogen-bond acceptors (Lipinski definition) is 2. The summed E-state index contributed by atoms with van der Waals surface area (Å²) in [4.78, 5) is 0. The van der Waals surface area contributed by atoms with Crippen molar-refractivity contribution in [2.75, 3.05) is 0 Å². The monoisotopic (exact) mass is 180 g/mol. The first-order valence-corrected chi connectivity index (χ1v) is 4.30. The van der Waals surface area contributed by atoms with E-state index in [1.807, 2.05) is 13.8 Å². The summed E-state index contributed by atoms with van der Waals surface area (Å²) in [5.41, 5.74) is 4.81. The van der Waals surface area contributed by atoms with Crippen LogP contribution < -0.4 is 4.74 Å². The number of aryl methyl sites for hydroxylation is 3. The van der Waals surface area contributed by atoms with Crippen LogP contribution in [0.1, 0.15) is 16.7 Å². The topological polar surface area (TPSA) is 9.23 Å². The van der Waals surface area contributed by atoms with Gasteiger partial charge in [-0.1, -0.05) is 17.7 Å². The van der Waals surface area contributed by atoms with E-state index in [0.29, 0.717) is 0 Å². The van der Waals surface area contributed by atoms with E-state index in [-0.39, 0.29) is 0 Å². The predicted molar refractivity (Wildman–Crippen MR) is 54.9 cm³/mol. The largest absolute Gasteiger partial charge is 0.453 e. The number of rotatable bonds is 2. The summed E-state index contributed by atoms with van der Waals surface area (Å²) in [5.74, 6) is 0.885. The molecule has 0 N–H and O–H groups in total. The van der Waals surface area contributed by atoms with Crippen molar-refractivity contribution < 1.29 is 4.74 Å². The van der Waals surface area contributed by atoms with E-state index in [0.717, 1.165) is 16.9 Å². The first-order valence-electron chi connectivity index (χ1n) is 3.83. The maximum absolute atomic E-state index is 5.21. The van der Waals surface area contributed by atoms with E-state index in [4.69, 9.17) is 4.74 Å². The summed E-state index contributed by atoms with van der Waals surface area (Å²) < 4.78 is 5.21. The second kappa shape index (κ2) is 3.68. The normalized spacial score (nSPS) is 9.58. The van der Waals surface area contributed by atoms with Crippen LogP contribution in [0.2, 0.25) is 0 Å². The second-order valence-corrected chi connectivity index (χ2v) is 3.13. The van der Waals surface area contributed by atoms with Gasteiger partial charge < -0.3 is 4.74 Å². The van der Waals surface area contributed by atoms with Gasteiger partial charge in [-0.25, -0.2) is 0 Å². The van der Waals surface area contributed by atoms with Crippen LogP contribution in [0.5, 0.6) is 5.75 Å². The fraction of sp³-hybridized carbons (Fsp3) is 0.300. The third-order valence-corrected chi connectivity index (χ3v) is 1.87. The van der Waals surface area contributed by atoms with Gasteiger partial charge in [-0.3, -0.25) is 0 Å². The molecule has 0 atom stereocenters. The van der Waals surface area contributed by atoms with Crippen LogP contribution in [0.3, 0.4) is 0 Å². The van der Waals surface area contributed by atoms with Gasteiger partial charge in [-0.05, 0) is 44.1 Å². The number of benzene rings is 1. The van der Waals surface area contributed by atoms with E-state index in [1.54, 1.807) is 0 Å². The van der Waals surface area contributed by atoms with Crippen molar-refractivity contribution in [3.63, 3.8) is 0 Å². The van der Waals surface area contributed by atoms with Crippen LogP contribution in [-0.2, 0) is 0 Å². The Hall–Kier alpha value is -0.890. The number of ether oxygens (including phenoxy) is 1. The molecule has 0 aromatic heterocycles. The van der Waals surface area contributed by atoms with Gasteiger partial charge in [0, 0.05) is 0 Å². The van der Waals surface area contributed by atoms with Crippen molar-refractivity contribution in [3.8, 4) is 5.75 Å². The minimum absolute atomic E-state index is 0.885. The molecule has 0 heterocycles. The fourth-order valence-corrected chi connectivity index (χ4v) is 1.50. The third-order valence-electron chi connectivity index (χ3n) is 1.77. The van der Waals surface area contributed by atoms with Gasteiger partial charge in [0.2, 0.25) is 0 Å². The molecule has 0 unspecified atom stereocenters. The lowest BCUT2D eigenvalue weighted by Gasteiger charge is -2.08. The molecule has 12 heavy (non-hydrogen) atoms. The minimum Gasteiger partial charge on any atom is -0.453 e. The predicted octanol–water partition coefficient (Wildman–Crippen LogP) is 2.95. The van der Waals surface area contributed by atoms with E-state index in [1.165, 1.54) is 11.1 Å². The first kappa shape index (κ1) is 9.20. The van der Waals surface area contributed by atoms with Gasteiger partial charge in [0.05, 0.1) is 0 Å².